The molecule has 0 fully saturated rings. The Morgan fingerprint density at radius 2 is 1.68 bits per heavy atom. The minimum atomic E-state index is 0.119. The van der Waals surface area contributed by atoms with Gasteiger partial charge in [-0.15, -0.1) is 0 Å². The zero-order valence-corrected chi connectivity index (χ0v) is 14.2. The van der Waals surface area contributed by atoms with E-state index in [1.807, 2.05) is 13.1 Å². The molecule has 0 aliphatic heterocycles. The SMILES string of the molecule is CCCCCCCCCCN(C)C(=O)Cc1cccc(O)c1. The molecule has 0 saturated carbocycles. The number of amides is 1. The molecule has 0 heterocycles. The maximum Gasteiger partial charge on any atom is 0.226 e. The van der Waals surface area contributed by atoms with E-state index >= 15 is 0 Å². The van der Waals surface area contributed by atoms with Gasteiger partial charge >= 0.3 is 0 Å². The van der Waals surface area contributed by atoms with Crippen LogP contribution in [0.2, 0.25) is 0 Å². The summed E-state index contributed by atoms with van der Waals surface area (Å²) in [6.07, 6.45) is 10.6. The second kappa shape index (κ2) is 11.1. The molecule has 124 valence electrons. The summed E-state index contributed by atoms with van der Waals surface area (Å²) in [5.74, 6) is 0.338. The monoisotopic (exact) mass is 305 g/mol. The van der Waals surface area contributed by atoms with Crippen molar-refractivity contribution >= 4 is 5.91 Å². The first-order chi connectivity index (χ1) is 10.6. The third kappa shape index (κ3) is 8.06. The first kappa shape index (κ1) is 18.5. The molecule has 1 amide bonds. The minimum absolute atomic E-state index is 0.119. The fraction of sp³-hybridized carbons (Fsp3) is 0.632. The van der Waals surface area contributed by atoms with Crippen LogP contribution in [0.5, 0.6) is 5.75 Å². The van der Waals surface area contributed by atoms with Crippen molar-refractivity contribution in [1.29, 1.82) is 0 Å². The number of benzene rings is 1. The molecule has 1 aromatic carbocycles. The number of rotatable bonds is 11. The van der Waals surface area contributed by atoms with Crippen molar-refractivity contribution in [2.24, 2.45) is 0 Å². The van der Waals surface area contributed by atoms with Gasteiger partial charge in [-0.05, 0) is 24.1 Å². The highest BCUT2D eigenvalue weighted by Gasteiger charge is 2.09. The number of nitrogens with zero attached hydrogens (tertiary/aromatic N) is 1. The van der Waals surface area contributed by atoms with Gasteiger partial charge in [0.15, 0.2) is 0 Å². The van der Waals surface area contributed by atoms with Crippen LogP contribution in [0.4, 0.5) is 0 Å². The lowest BCUT2D eigenvalue weighted by atomic mass is 10.1. The third-order valence-electron chi connectivity index (χ3n) is 4.04. The molecule has 3 nitrogen and oxygen atoms in total. The van der Waals surface area contributed by atoms with Crippen molar-refractivity contribution in [3.8, 4) is 5.75 Å². The molecule has 0 spiro atoms. The second-order valence-corrected chi connectivity index (χ2v) is 6.14. The van der Waals surface area contributed by atoms with E-state index in [2.05, 4.69) is 6.92 Å². The van der Waals surface area contributed by atoms with E-state index in [0.717, 1.165) is 18.5 Å². The first-order valence-electron chi connectivity index (χ1n) is 8.65. The number of aromatic hydroxyl groups is 1. The molecule has 0 radical (unpaired) electrons. The molecule has 0 aliphatic rings. The lowest BCUT2D eigenvalue weighted by Crippen LogP contribution is -2.29. The lowest BCUT2D eigenvalue weighted by molar-refractivity contribution is -0.129. The summed E-state index contributed by atoms with van der Waals surface area (Å²) in [5, 5.41) is 9.42. The van der Waals surface area contributed by atoms with Crippen molar-refractivity contribution < 1.29 is 9.90 Å². The van der Waals surface area contributed by atoms with Gasteiger partial charge in [-0.3, -0.25) is 4.79 Å². The van der Waals surface area contributed by atoms with Gasteiger partial charge in [0.2, 0.25) is 5.91 Å². The van der Waals surface area contributed by atoms with Crippen LogP contribution in [0.3, 0.4) is 0 Å². The van der Waals surface area contributed by atoms with Crippen LogP contribution < -0.4 is 0 Å². The van der Waals surface area contributed by atoms with Crippen molar-refractivity contribution in [3.05, 3.63) is 29.8 Å². The summed E-state index contributed by atoms with van der Waals surface area (Å²) >= 11 is 0. The molecular formula is C19H31NO2. The summed E-state index contributed by atoms with van der Waals surface area (Å²) in [5.41, 5.74) is 0.868. The van der Waals surface area contributed by atoms with Gasteiger partial charge in [0.25, 0.3) is 0 Å². The van der Waals surface area contributed by atoms with Crippen LogP contribution in [0.1, 0.15) is 63.9 Å². The van der Waals surface area contributed by atoms with Gasteiger partial charge in [-0.1, -0.05) is 64.0 Å². The smallest absolute Gasteiger partial charge is 0.226 e. The Kier molecular flexibility index (Phi) is 9.36. The van der Waals surface area contributed by atoms with Gasteiger partial charge in [-0.2, -0.15) is 0 Å². The van der Waals surface area contributed by atoms with Crippen molar-refractivity contribution in [3.63, 3.8) is 0 Å². The van der Waals surface area contributed by atoms with E-state index in [9.17, 15) is 9.90 Å². The summed E-state index contributed by atoms with van der Waals surface area (Å²) in [4.78, 5) is 13.9. The Bertz CT molecular complexity index is 431. The van der Waals surface area contributed by atoms with Gasteiger partial charge < -0.3 is 10.0 Å². The maximum atomic E-state index is 12.1. The molecule has 0 saturated heterocycles. The lowest BCUT2D eigenvalue weighted by Gasteiger charge is -2.17. The number of carbonyl (C=O) groups is 1. The molecule has 0 aliphatic carbocycles. The minimum Gasteiger partial charge on any atom is -0.508 e. The number of carbonyl (C=O) groups excluding carboxylic acids is 1. The Balaban J connectivity index is 2.11. The fourth-order valence-corrected chi connectivity index (χ4v) is 2.58. The van der Waals surface area contributed by atoms with Crippen LogP contribution in [0.15, 0.2) is 24.3 Å². The molecule has 1 rings (SSSR count). The largest absolute Gasteiger partial charge is 0.508 e. The highest BCUT2D eigenvalue weighted by molar-refractivity contribution is 5.78. The highest BCUT2D eigenvalue weighted by atomic mass is 16.3. The predicted octanol–water partition coefficient (Wildman–Crippen LogP) is 4.53. The van der Waals surface area contributed by atoms with Crippen LogP contribution in [0.25, 0.3) is 0 Å². The molecule has 1 aromatic rings. The molecule has 22 heavy (non-hydrogen) atoms. The molecule has 0 atom stereocenters. The van der Waals surface area contributed by atoms with E-state index in [1.165, 1.54) is 44.9 Å². The van der Waals surface area contributed by atoms with Crippen LogP contribution >= 0.6 is 0 Å². The van der Waals surface area contributed by atoms with Crippen LogP contribution in [-0.2, 0) is 11.2 Å². The van der Waals surface area contributed by atoms with E-state index in [-0.39, 0.29) is 11.7 Å². The quantitative estimate of drug-likeness (QED) is 0.610. The Morgan fingerprint density at radius 3 is 2.32 bits per heavy atom. The number of likely N-dealkylation sites (N-methyl/N-ethyl adjacent to an activating group) is 1. The number of phenols is 1. The molecule has 0 aromatic heterocycles. The number of hydrogen-bond acceptors (Lipinski definition) is 2. The van der Waals surface area contributed by atoms with Crippen molar-refractivity contribution in [2.75, 3.05) is 13.6 Å². The second-order valence-electron chi connectivity index (χ2n) is 6.14. The standard InChI is InChI=1S/C19H31NO2/c1-3-4-5-6-7-8-9-10-14-20(2)19(22)16-17-12-11-13-18(21)15-17/h11-13,15,21H,3-10,14,16H2,1-2H3. The number of phenolic OH excluding ortho intramolecular Hbond substituents is 1. The summed E-state index contributed by atoms with van der Waals surface area (Å²) < 4.78 is 0. The van der Waals surface area contributed by atoms with Gasteiger partial charge in [0.1, 0.15) is 5.75 Å². The number of hydrogen-bond donors (Lipinski definition) is 1. The zero-order valence-electron chi connectivity index (χ0n) is 14.2. The maximum absolute atomic E-state index is 12.1. The van der Waals surface area contributed by atoms with E-state index in [0.29, 0.717) is 6.42 Å². The summed E-state index contributed by atoms with van der Waals surface area (Å²) in [7, 11) is 1.87. The van der Waals surface area contributed by atoms with E-state index in [4.69, 9.17) is 0 Å². The van der Waals surface area contributed by atoms with E-state index < -0.39 is 0 Å². The summed E-state index contributed by atoms with van der Waals surface area (Å²) in [6, 6.07) is 6.93. The van der Waals surface area contributed by atoms with Crippen LogP contribution in [0, 0.1) is 0 Å². The summed E-state index contributed by atoms with van der Waals surface area (Å²) in [6.45, 7) is 3.07. The Morgan fingerprint density at radius 1 is 1.05 bits per heavy atom. The van der Waals surface area contributed by atoms with Gasteiger partial charge in [-0.25, -0.2) is 0 Å². The third-order valence-corrected chi connectivity index (χ3v) is 4.04. The van der Waals surface area contributed by atoms with Crippen molar-refractivity contribution in [2.45, 2.75) is 64.7 Å². The normalized spacial score (nSPS) is 10.6. The van der Waals surface area contributed by atoms with Gasteiger partial charge in [0.05, 0.1) is 6.42 Å². The molecular weight excluding hydrogens is 274 g/mol. The highest BCUT2D eigenvalue weighted by Crippen LogP contribution is 2.12. The number of unbranched alkanes of at least 4 members (excludes halogenated alkanes) is 7. The molecule has 0 unspecified atom stereocenters. The Hall–Kier alpha value is -1.51. The molecule has 0 bridgehead atoms. The van der Waals surface area contributed by atoms with Gasteiger partial charge in [0, 0.05) is 13.6 Å². The fourth-order valence-electron chi connectivity index (χ4n) is 2.58. The zero-order chi connectivity index (χ0) is 16.2. The average Bonchev–Trinajstić information content (AvgIpc) is 2.49. The first-order valence-corrected chi connectivity index (χ1v) is 8.65. The Labute approximate surface area is 135 Å². The molecule has 1 N–H and O–H groups in total. The molecule has 3 heteroatoms. The van der Waals surface area contributed by atoms with Crippen molar-refractivity contribution in [1.82, 2.24) is 4.90 Å². The van der Waals surface area contributed by atoms with E-state index in [1.54, 1.807) is 23.1 Å². The predicted molar refractivity (Wildman–Crippen MR) is 92.1 cm³/mol. The van der Waals surface area contributed by atoms with Crippen LogP contribution in [-0.4, -0.2) is 29.5 Å². The topological polar surface area (TPSA) is 40.5 Å². The average molecular weight is 305 g/mol.